The number of aromatic nitrogens is 1. The first kappa shape index (κ1) is 27.2. The van der Waals surface area contributed by atoms with Gasteiger partial charge in [0.25, 0.3) is 5.56 Å². The van der Waals surface area contributed by atoms with Crippen LogP contribution < -0.4 is 5.56 Å². The average molecular weight is 539 g/mol. The third-order valence-corrected chi connectivity index (χ3v) is 8.70. The molecule has 1 aliphatic heterocycles. The van der Waals surface area contributed by atoms with Gasteiger partial charge in [-0.05, 0) is 42.0 Å². The van der Waals surface area contributed by atoms with Gasteiger partial charge in [-0.3, -0.25) is 9.59 Å². The van der Waals surface area contributed by atoms with E-state index in [1.165, 1.54) is 21.6 Å². The van der Waals surface area contributed by atoms with Crippen molar-refractivity contribution >= 4 is 5.91 Å². The monoisotopic (exact) mass is 538 g/mol. The molecule has 5 nitrogen and oxygen atoms in total. The Kier molecular flexibility index (Phi) is 7.42. The number of carbonyl (C=O) groups is 1. The quantitative estimate of drug-likeness (QED) is 0.433. The SMILES string of the molecule is O=C(C[C@H](c1ccccc1)C(F)(F)F)N1CC[C@@](O)(Cn2ccc(-c3ccccc3)cc2=O)C2(CCCC2)C1. The molecule has 2 fully saturated rings. The molecule has 2 aromatic carbocycles. The van der Waals surface area contributed by atoms with E-state index in [-0.39, 0.29) is 37.2 Å². The van der Waals surface area contributed by atoms with Gasteiger partial charge in [0.05, 0.1) is 18.1 Å². The largest absolute Gasteiger partial charge is 0.396 e. The van der Waals surface area contributed by atoms with Gasteiger partial charge in [0, 0.05) is 37.2 Å². The van der Waals surface area contributed by atoms with Crippen LogP contribution in [0.25, 0.3) is 11.1 Å². The first-order chi connectivity index (χ1) is 18.6. The summed E-state index contributed by atoms with van der Waals surface area (Å²) in [5, 5.41) is 12.0. The lowest BCUT2D eigenvalue weighted by atomic mass is 9.65. The van der Waals surface area contributed by atoms with Crippen molar-refractivity contribution in [2.24, 2.45) is 5.41 Å². The van der Waals surface area contributed by atoms with Crippen LogP contribution >= 0.6 is 0 Å². The van der Waals surface area contributed by atoms with Gasteiger partial charge in [0.2, 0.25) is 5.91 Å². The molecule has 0 bridgehead atoms. The molecule has 1 amide bonds. The number of pyridine rings is 1. The fourth-order valence-corrected chi connectivity index (χ4v) is 6.45. The van der Waals surface area contributed by atoms with Gasteiger partial charge >= 0.3 is 6.18 Å². The third-order valence-electron chi connectivity index (χ3n) is 8.70. The summed E-state index contributed by atoms with van der Waals surface area (Å²) < 4.78 is 43.3. The van der Waals surface area contributed by atoms with E-state index in [1.54, 1.807) is 30.5 Å². The fourth-order valence-electron chi connectivity index (χ4n) is 6.45. The van der Waals surface area contributed by atoms with Gasteiger partial charge in [-0.2, -0.15) is 13.2 Å². The summed E-state index contributed by atoms with van der Waals surface area (Å²) in [6.45, 7) is 0.421. The van der Waals surface area contributed by atoms with Crippen molar-refractivity contribution in [3.63, 3.8) is 0 Å². The summed E-state index contributed by atoms with van der Waals surface area (Å²) in [6.07, 6.45) is -0.280. The molecule has 1 spiro atoms. The molecule has 1 saturated carbocycles. The van der Waals surface area contributed by atoms with Gasteiger partial charge in [-0.1, -0.05) is 73.5 Å². The van der Waals surface area contributed by atoms with Crippen LogP contribution in [0, 0.1) is 5.41 Å². The number of hydrogen-bond acceptors (Lipinski definition) is 3. The van der Waals surface area contributed by atoms with Crippen LogP contribution in [-0.2, 0) is 11.3 Å². The lowest BCUT2D eigenvalue weighted by Crippen LogP contribution is -2.62. The predicted octanol–water partition coefficient (Wildman–Crippen LogP) is 5.78. The molecule has 0 radical (unpaired) electrons. The predicted molar refractivity (Wildman–Crippen MR) is 143 cm³/mol. The highest BCUT2D eigenvalue weighted by Crippen LogP contribution is 2.52. The molecule has 206 valence electrons. The Morgan fingerprint density at radius 2 is 1.56 bits per heavy atom. The van der Waals surface area contributed by atoms with Crippen LogP contribution in [0.5, 0.6) is 0 Å². The van der Waals surface area contributed by atoms with Crippen LogP contribution in [0.15, 0.2) is 83.8 Å². The minimum atomic E-state index is -4.55. The minimum Gasteiger partial charge on any atom is -0.387 e. The number of benzene rings is 2. The number of hydrogen-bond donors (Lipinski definition) is 1. The second-order valence-corrected chi connectivity index (χ2v) is 11.0. The normalized spacial score (nSPS) is 21.7. The second kappa shape index (κ2) is 10.6. The van der Waals surface area contributed by atoms with Gasteiger partial charge in [-0.15, -0.1) is 0 Å². The molecule has 8 heteroatoms. The lowest BCUT2D eigenvalue weighted by Gasteiger charge is -2.52. The van der Waals surface area contributed by atoms with Crippen LogP contribution in [0.4, 0.5) is 13.2 Å². The van der Waals surface area contributed by atoms with Crippen molar-refractivity contribution in [2.45, 2.75) is 62.8 Å². The summed E-state index contributed by atoms with van der Waals surface area (Å²) in [5.41, 5.74) is -0.363. The van der Waals surface area contributed by atoms with E-state index >= 15 is 0 Å². The highest BCUT2D eigenvalue weighted by Gasteiger charge is 2.56. The zero-order valence-electron chi connectivity index (χ0n) is 21.7. The molecule has 1 aliphatic carbocycles. The molecule has 2 heterocycles. The number of rotatable bonds is 6. The molecule has 1 N–H and O–H groups in total. The van der Waals surface area contributed by atoms with Crippen LogP contribution in [-0.4, -0.2) is 45.3 Å². The van der Waals surface area contributed by atoms with Gasteiger partial charge in [0.15, 0.2) is 0 Å². The molecule has 2 atom stereocenters. The highest BCUT2D eigenvalue weighted by atomic mass is 19.4. The number of alkyl halides is 3. The van der Waals surface area contributed by atoms with Crippen LogP contribution in [0.3, 0.4) is 0 Å². The summed E-state index contributed by atoms with van der Waals surface area (Å²) in [5.74, 6) is -2.44. The fraction of sp³-hybridized carbons (Fsp3) is 0.419. The average Bonchev–Trinajstić information content (AvgIpc) is 3.40. The summed E-state index contributed by atoms with van der Waals surface area (Å²) in [4.78, 5) is 27.8. The topological polar surface area (TPSA) is 62.5 Å². The Morgan fingerprint density at radius 1 is 0.923 bits per heavy atom. The zero-order valence-corrected chi connectivity index (χ0v) is 21.7. The Labute approximate surface area is 225 Å². The summed E-state index contributed by atoms with van der Waals surface area (Å²) in [7, 11) is 0. The number of carbonyl (C=O) groups excluding carboxylic acids is 1. The Balaban J connectivity index is 1.35. The van der Waals surface area contributed by atoms with Crippen molar-refractivity contribution in [2.75, 3.05) is 13.1 Å². The number of amides is 1. The number of likely N-dealkylation sites (tertiary alicyclic amines) is 1. The van der Waals surface area contributed by atoms with E-state index in [0.29, 0.717) is 12.8 Å². The van der Waals surface area contributed by atoms with E-state index in [4.69, 9.17) is 0 Å². The van der Waals surface area contributed by atoms with Gasteiger partial charge < -0.3 is 14.6 Å². The van der Waals surface area contributed by atoms with Crippen molar-refractivity contribution in [3.05, 3.63) is 94.9 Å². The molecule has 2 aliphatic rings. The van der Waals surface area contributed by atoms with Crippen LogP contribution in [0.2, 0.25) is 0 Å². The second-order valence-electron chi connectivity index (χ2n) is 11.0. The first-order valence-electron chi connectivity index (χ1n) is 13.5. The molecular formula is C31H33F3N2O3. The Morgan fingerprint density at radius 3 is 2.18 bits per heavy atom. The maximum atomic E-state index is 13.9. The van der Waals surface area contributed by atoms with Crippen molar-refractivity contribution in [3.8, 4) is 11.1 Å². The van der Waals surface area contributed by atoms with E-state index < -0.39 is 35.4 Å². The number of aliphatic hydroxyl groups is 1. The van der Waals surface area contributed by atoms with E-state index in [1.807, 2.05) is 36.4 Å². The van der Waals surface area contributed by atoms with Gasteiger partial charge in [-0.25, -0.2) is 0 Å². The number of halogens is 3. The third kappa shape index (κ3) is 5.53. The van der Waals surface area contributed by atoms with E-state index in [0.717, 1.165) is 24.0 Å². The van der Waals surface area contributed by atoms with Crippen LogP contribution in [0.1, 0.15) is 50.0 Å². The van der Waals surface area contributed by atoms with Crippen molar-refractivity contribution < 1.29 is 23.1 Å². The standard InChI is InChI=1S/C31H33F3N2O3/c32-31(33,34)26(24-11-5-2-6-12-24)20-28(38)36-18-16-30(39,29(21-36)14-7-8-15-29)22-35-17-13-25(19-27(35)37)23-9-3-1-4-10-23/h1-6,9-13,17,19,26,39H,7-8,14-16,18,20-22H2/t26-,30-/m1/s1. The molecule has 5 rings (SSSR count). The maximum absolute atomic E-state index is 13.9. The smallest absolute Gasteiger partial charge is 0.387 e. The molecule has 1 saturated heterocycles. The minimum absolute atomic E-state index is 0.0702. The van der Waals surface area contributed by atoms with Gasteiger partial charge in [0.1, 0.15) is 0 Å². The molecule has 39 heavy (non-hydrogen) atoms. The van der Waals surface area contributed by atoms with E-state index in [2.05, 4.69) is 0 Å². The lowest BCUT2D eigenvalue weighted by molar-refractivity contribution is -0.171. The Bertz CT molecular complexity index is 1350. The van der Waals surface area contributed by atoms with Crippen molar-refractivity contribution in [1.82, 2.24) is 9.47 Å². The molecule has 1 aromatic heterocycles. The Hall–Kier alpha value is -3.39. The molecule has 0 unspecified atom stereocenters. The molecule has 3 aromatic rings. The number of piperidine rings is 1. The first-order valence-corrected chi connectivity index (χ1v) is 13.5. The summed E-state index contributed by atoms with van der Waals surface area (Å²) >= 11 is 0. The number of nitrogens with zero attached hydrogens (tertiary/aromatic N) is 2. The van der Waals surface area contributed by atoms with Crippen molar-refractivity contribution in [1.29, 1.82) is 0 Å². The zero-order chi connectivity index (χ0) is 27.7. The van der Waals surface area contributed by atoms with E-state index in [9.17, 15) is 27.9 Å². The molecular weight excluding hydrogens is 505 g/mol. The highest BCUT2D eigenvalue weighted by molar-refractivity contribution is 5.77. The summed E-state index contributed by atoms with van der Waals surface area (Å²) in [6, 6.07) is 20.5. The maximum Gasteiger partial charge on any atom is 0.396 e.